The van der Waals surface area contributed by atoms with Crippen molar-refractivity contribution in [1.82, 2.24) is 9.80 Å². The minimum Gasteiger partial charge on any atom is -0.530 e. The molecule has 0 radical (unpaired) electrons. The second-order valence-corrected chi connectivity index (χ2v) is 11.3. The van der Waals surface area contributed by atoms with E-state index in [1.54, 1.807) is 11.0 Å². The molecule has 5 nitrogen and oxygen atoms in total. The van der Waals surface area contributed by atoms with Crippen LogP contribution >= 0.6 is 0 Å². The van der Waals surface area contributed by atoms with Gasteiger partial charge in [0.15, 0.2) is 0 Å². The summed E-state index contributed by atoms with van der Waals surface area (Å²) in [6, 6.07) is 8.78. The molecule has 35 heavy (non-hydrogen) atoms. The molecule has 3 aliphatic heterocycles. The van der Waals surface area contributed by atoms with Crippen molar-refractivity contribution in [2.45, 2.75) is 65.5 Å². The first-order valence-electron chi connectivity index (χ1n) is 13.0. The van der Waals surface area contributed by atoms with Gasteiger partial charge in [0.2, 0.25) is 0 Å². The lowest BCUT2D eigenvalue weighted by atomic mass is 9.79. The molecule has 3 fully saturated rings. The average Bonchev–Trinajstić information content (AvgIpc) is 3.07. The zero-order valence-corrected chi connectivity index (χ0v) is 21.3. The molecule has 0 saturated carbocycles. The van der Waals surface area contributed by atoms with E-state index in [0.717, 1.165) is 66.9 Å². The third-order valence-electron chi connectivity index (χ3n) is 8.33. The molecule has 0 N–H and O–H groups in total. The third-order valence-corrected chi connectivity index (χ3v) is 8.33. The minimum atomic E-state index is -1.14. The molecule has 2 bridgehead atoms. The number of nitrogens with zero attached hydrogens (tertiary/aromatic N) is 2. The number of halogens is 1. The van der Waals surface area contributed by atoms with Crippen molar-refractivity contribution >= 4 is 6.09 Å². The largest absolute Gasteiger partial charge is 0.530 e. The minimum absolute atomic E-state index is 0.0984. The topological polar surface area (TPSA) is 55.8 Å². The van der Waals surface area contributed by atoms with Crippen LogP contribution in [0.3, 0.4) is 0 Å². The van der Waals surface area contributed by atoms with Crippen molar-refractivity contribution in [2.75, 3.05) is 26.2 Å². The Morgan fingerprint density at radius 2 is 1.97 bits per heavy atom. The van der Waals surface area contributed by atoms with Gasteiger partial charge in [0.1, 0.15) is 17.7 Å². The molecule has 0 aromatic heterocycles. The second-order valence-electron chi connectivity index (χ2n) is 11.3. The summed E-state index contributed by atoms with van der Waals surface area (Å²) in [5.41, 5.74) is 3.78. The van der Waals surface area contributed by atoms with Crippen LogP contribution in [0.4, 0.5) is 9.18 Å². The van der Waals surface area contributed by atoms with E-state index in [0.29, 0.717) is 24.5 Å². The lowest BCUT2D eigenvalue weighted by molar-refractivity contribution is -0.276. The molecule has 3 heterocycles. The smallest absolute Gasteiger partial charge is 0.137 e. The molecular formula is C29H36FN2O3-. The molecular weight excluding hydrogens is 443 g/mol. The second kappa shape index (κ2) is 9.12. The van der Waals surface area contributed by atoms with Crippen molar-refractivity contribution in [1.29, 1.82) is 0 Å². The summed E-state index contributed by atoms with van der Waals surface area (Å²) in [5, 5.41) is 12.6. The molecule has 0 unspecified atom stereocenters. The van der Waals surface area contributed by atoms with E-state index >= 15 is 4.39 Å². The van der Waals surface area contributed by atoms with Gasteiger partial charge in [0.25, 0.3) is 0 Å². The van der Waals surface area contributed by atoms with Crippen molar-refractivity contribution < 1.29 is 19.0 Å². The quantitative estimate of drug-likeness (QED) is 0.588. The maximum absolute atomic E-state index is 15.6. The molecule has 2 atom stereocenters. The summed E-state index contributed by atoms with van der Waals surface area (Å²) < 4.78 is 21.4. The number of carbonyl (C=O) groups excluding carboxylic acids is 1. The van der Waals surface area contributed by atoms with E-state index in [4.69, 9.17) is 4.74 Å². The summed E-state index contributed by atoms with van der Waals surface area (Å²) in [6.45, 7) is 11.7. The van der Waals surface area contributed by atoms with Crippen LogP contribution in [0.5, 0.6) is 5.75 Å². The highest BCUT2D eigenvalue weighted by Crippen LogP contribution is 2.52. The Morgan fingerprint density at radius 3 is 2.57 bits per heavy atom. The summed E-state index contributed by atoms with van der Waals surface area (Å²) in [7, 11) is 0. The molecule has 0 spiro atoms. The predicted octanol–water partition coefficient (Wildman–Crippen LogP) is 4.95. The van der Waals surface area contributed by atoms with Gasteiger partial charge < -0.3 is 24.4 Å². The Kier molecular flexibility index (Phi) is 6.28. The Balaban J connectivity index is 1.51. The molecule has 188 valence electrons. The van der Waals surface area contributed by atoms with Crippen LogP contribution < -0.4 is 9.84 Å². The highest BCUT2D eigenvalue weighted by atomic mass is 19.1. The number of aryl methyl sites for hydroxylation is 1. The first-order chi connectivity index (χ1) is 16.7. The normalized spacial score (nSPS) is 26.4. The van der Waals surface area contributed by atoms with Crippen molar-refractivity contribution in [3.8, 4) is 16.9 Å². The summed E-state index contributed by atoms with van der Waals surface area (Å²) in [5.74, 6) is 0.846. The lowest BCUT2D eigenvalue weighted by Crippen LogP contribution is -2.62. The zero-order valence-electron chi connectivity index (χ0n) is 21.3. The van der Waals surface area contributed by atoms with E-state index in [1.165, 1.54) is 0 Å². The van der Waals surface area contributed by atoms with E-state index in [2.05, 4.69) is 25.7 Å². The van der Waals surface area contributed by atoms with Crippen molar-refractivity contribution in [3.63, 3.8) is 0 Å². The molecule has 4 aliphatic rings. The van der Waals surface area contributed by atoms with Gasteiger partial charge in [-0.2, -0.15) is 0 Å². The van der Waals surface area contributed by atoms with Gasteiger partial charge in [0.05, 0.1) is 12.6 Å². The summed E-state index contributed by atoms with van der Waals surface area (Å²) in [6.07, 6.45) is 2.51. The first kappa shape index (κ1) is 24.1. The van der Waals surface area contributed by atoms with Gasteiger partial charge >= 0.3 is 0 Å². The van der Waals surface area contributed by atoms with Gasteiger partial charge in [-0.3, -0.25) is 0 Å². The van der Waals surface area contributed by atoms with Crippen LogP contribution in [0.1, 0.15) is 62.8 Å². The first-order valence-corrected chi connectivity index (χ1v) is 13.0. The molecule has 6 rings (SSSR count). The molecule has 2 aromatic rings. The van der Waals surface area contributed by atoms with Crippen LogP contribution in [0, 0.1) is 24.1 Å². The van der Waals surface area contributed by atoms with Gasteiger partial charge in [0, 0.05) is 18.2 Å². The summed E-state index contributed by atoms with van der Waals surface area (Å²) in [4.78, 5) is 16.5. The Labute approximate surface area is 207 Å². The van der Waals surface area contributed by atoms with E-state index in [-0.39, 0.29) is 17.3 Å². The van der Waals surface area contributed by atoms with Crippen LogP contribution in [-0.2, 0) is 6.42 Å². The number of hydrogen-bond acceptors (Lipinski definition) is 4. The summed E-state index contributed by atoms with van der Waals surface area (Å²) >= 11 is 0. The number of amides is 1. The SMILES string of the molecule is CCCOc1ccc(-c2cc3c(cc2F)[C@H](N(C(=O)[O-])[C@@H]2CN4CCC2CC4)C(C)(C)C3)cc1C. The molecule has 2 aromatic carbocycles. The predicted molar refractivity (Wildman–Crippen MR) is 133 cm³/mol. The Morgan fingerprint density at radius 1 is 1.23 bits per heavy atom. The Hall–Kier alpha value is -2.60. The van der Waals surface area contributed by atoms with Crippen molar-refractivity contribution in [3.05, 3.63) is 52.8 Å². The monoisotopic (exact) mass is 479 g/mol. The van der Waals surface area contributed by atoms with Crippen LogP contribution in [0.15, 0.2) is 30.3 Å². The number of fused-ring (bicyclic) bond motifs is 4. The Bertz CT molecular complexity index is 1120. The maximum Gasteiger partial charge on any atom is 0.137 e. The van der Waals surface area contributed by atoms with E-state index < -0.39 is 12.1 Å². The fourth-order valence-electron chi connectivity index (χ4n) is 6.67. The van der Waals surface area contributed by atoms with Gasteiger partial charge in [-0.15, -0.1) is 0 Å². The van der Waals surface area contributed by atoms with Gasteiger partial charge in [-0.1, -0.05) is 26.8 Å². The van der Waals surface area contributed by atoms with E-state index in [9.17, 15) is 9.90 Å². The number of carbonyl (C=O) groups is 1. The van der Waals surface area contributed by atoms with Crippen LogP contribution in [-0.4, -0.2) is 48.2 Å². The van der Waals surface area contributed by atoms with Gasteiger partial charge in [-0.25, -0.2) is 4.39 Å². The molecule has 1 amide bonds. The maximum atomic E-state index is 15.6. The highest BCUT2D eigenvalue weighted by Gasteiger charge is 2.48. The zero-order chi connectivity index (χ0) is 24.9. The number of ether oxygens (including phenoxy) is 1. The fraction of sp³-hybridized carbons (Fsp3) is 0.552. The van der Waals surface area contributed by atoms with Gasteiger partial charge in [-0.05, 0) is 104 Å². The van der Waals surface area contributed by atoms with Crippen LogP contribution in [0.2, 0.25) is 0 Å². The highest BCUT2D eigenvalue weighted by molar-refractivity contribution is 5.70. The number of piperidine rings is 3. The molecule has 1 aliphatic carbocycles. The average molecular weight is 480 g/mol. The van der Waals surface area contributed by atoms with Crippen LogP contribution in [0.25, 0.3) is 11.1 Å². The van der Waals surface area contributed by atoms with Crippen molar-refractivity contribution in [2.24, 2.45) is 11.3 Å². The fourth-order valence-corrected chi connectivity index (χ4v) is 6.67. The lowest BCUT2D eigenvalue weighted by Gasteiger charge is -2.53. The number of benzene rings is 2. The number of hydrogen-bond donors (Lipinski definition) is 0. The third kappa shape index (κ3) is 4.31. The standard InChI is InChI=1S/C29H37FN2O3/c1-5-12-35-26-7-6-20(13-18(26)2)22-14-21-16-29(3,4)27(23(21)15-24(22)30)32(28(33)34)25-17-31-10-8-19(25)9-11-31/h6-7,13-15,19,25,27H,5,8-12,16-17H2,1-4H3,(H,33,34)/p-1/t25-,27+/m1/s1. The van der Waals surface area contributed by atoms with E-state index in [1.807, 2.05) is 31.2 Å². The number of carboxylic acid groups (broad SMARTS) is 1. The molecule has 6 heteroatoms. The molecule has 3 saturated heterocycles. The number of rotatable bonds is 6.